The number of methoxy groups -OCH3 is 1. The number of allylic oxidation sites excluding steroid dienone is 2. The minimum absolute atomic E-state index is 0.0150. The van der Waals surface area contributed by atoms with Gasteiger partial charge in [-0.1, -0.05) is 45.4 Å². The quantitative estimate of drug-likeness (QED) is 0.203. The highest BCUT2D eigenvalue weighted by atomic mass is 16.6. The van der Waals surface area contributed by atoms with Gasteiger partial charge in [-0.25, -0.2) is 4.79 Å². The van der Waals surface area contributed by atoms with E-state index >= 15 is 0 Å². The summed E-state index contributed by atoms with van der Waals surface area (Å²) in [4.78, 5) is 53.3. The van der Waals surface area contributed by atoms with Gasteiger partial charge in [0.2, 0.25) is 0 Å². The molecule has 2 saturated carbocycles. The van der Waals surface area contributed by atoms with Gasteiger partial charge in [-0.15, -0.1) is 0 Å². The molecule has 8 atom stereocenters. The van der Waals surface area contributed by atoms with Crippen molar-refractivity contribution in [1.82, 2.24) is 0 Å². The highest BCUT2D eigenvalue weighted by molar-refractivity contribution is 5.94. The molecule has 2 bridgehead atoms. The molecule has 0 amide bonds. The van der Waals surface area contributed by atoms with E-state index in [9.17, 15) is 19.2 Å². The van der Waals surface area contributed by atoms with E-state index in [-0.39, 0.29) is 36.4 Å². The summed E-state index contributed by atoms with van der Waals surface area (Å²) in [6.07, 6.45) is 7.30. The maximum absolute atomic E-state index is 14.4. The summed E-state index contributed by atoms with van der Waals surface area (Å²) in [7, 11) is 1.35. The van der Waals surface area contributed by atoms with Crippen LogP contribution in [0.2, 0.25) is 0 Å². The van der Waals surface area contributed by atoms with Crippen LogP contribution in [0.5, 0.6) is 0 Å². The Labute approximate surface area is 235 Å². The molecule has 3 aliphatic carbocycles. The van der Waals surface area contributed by atoms with Crippen molar-refractivity contribution in [2.45, 2.75) is 79.4 Å². The van der Waals surface area contributed by atoms with Gasteiger partial charge in [0.25, 0.3) is 0 Å². The van der Waals surface area contributed by atoms with Gasteiger partial charge in [0.15, 0.2) is 0 Å². The number of esters is 3. The number of ketones is 1. The van der Waals surface area contributed by atoms with E-state index in [1.165, 1.54) is 7.11 Å². The number of Topliss-reactive ketones (excluding diaryl/α,β-unsaturated/α-hetero) is 1. The van der Waals surface area contributed by atoms with Crippen LogP contribution in [0.4, 0.5) is 0 Å². The first-order valence-corrected chi connectivity index (χ1v) is 14.2. The molecular weight excluding hydrogens is 512 g/mol. The Morgan fingerprint density at radius 3 is 2.50 bits per heavy atom. The molecule has 1 aromatic rings. The van der Waals surface area contributed by atoms with Gasteiger partial charge in [-0.3, -0.25) is 14.4 Å². The maximum Gasteiger partial charge on any atom is 0.333 e. The van der Waals surface area contributed by atoms with Crippen molar-refractivity contribution in [1.29, 1.82) is 0 Å². The normalized spacial score (nSPS) is 38.4. The smallest absolute Gasteiger partial charge is 0.333 e. The standard InChI is InChI=1S/C32H40O8/c1-8-17(2)29(36)40-28-20-13-19-21(32(6,26(20)35)23(30(28,3)4)15-24(33)37-7)9-11-31(5)22(19)14-25(34)39-27(31)18-10-12-38-16-18/h8,10,12-13,16,20-23,27-28H,9,11,14-15H2,1-7H3/b17-8+/t20-,21-,22?,23+,27+,28-,31-,32-/m1/s1. The molecule has 5 rings (SSSR count). The Morgan fingerprint density at radius 1 is 1.15 bits per heavy atom. The first-order valence-electron chi connectivity index (χ1n) is 14.2. The largest absolute Gasteiger partial charge is 0.472 e. The molecule has 4 aliphatic rings. The van der Waals surface area contributed by atoms with Crippen LogP contribution in [0.3, 0.4) is 0 Å². The molecular formula is C32H40O8. The number of cyclic esters (lactones) is 1. The Morgan fingerprint density at radius 2 is 1.88 bits per heavy atom. The van der Waals surface area contributed by atoms with Crippen LogP contribution in [0.15, 0.2) is 46.3 Å². The molecule has 216 valence electrons. The van der Waals surface area contributed by atoms with Crippen LogP contribution in [0.1, 0.15) is 78.9 Å². The summed E-state index contributed by atoms with van der Waals surface area (Å²) >= 11 is 0. The second-order valence-corrected chi connectivity index (χ2v) is 13.1. The molecule has 1 aromatic heterocycles. The topological polar surface area (TPSA) is 109 Å². The Balaban J connectivity index is 1.66. The molecule has 1 saturated heterocycles. The monoisotopic (exact) mass is 552 g/mol. The number of rotatable bonds is 5. The van der Waals surface area contributed by atoms with Gasteiger partial charge < -0.3 is 18.6 Å². The molecule has 1 aliphatic heterocycles. The summed E-state index contributed by atoms with van der Waals surface area (Å²) in [5.41, 5.74) is 0.283. The van der Waals surface area contributed by atoms with E-state index in [0.29, 0.717) is 12.0 Å². The first kappa shape index (κ1) is 28.4. The van der Waals surface area contributed by atoms with Gasteiger partial charge in [0.05, 0.1) is 32.0 Å². The Bertz CT molecular complexity index is 1290. The lowest BCUT2D eigenvalue weighted by Gasteiger charge is -2.63. The lowest BCUT2D eigenvalue weighted by atomic mass is 9.40. The van der Waals surface area contributed by atoms with Crippen LogP contribution in [-0.2, 0) is 33.4 Å². The minimum Gasteiger partial charge on any atom is -0.472 e. The predicted octanol–water partition coefficient (Wildman–Crippen LogP) is 5.53. The molecule has 2 heterocycles. The molecule has 1 unspecified atom stereocenters. The summed E-state index contributed by atoms with van der Waals surface area (Å²) in [6.45, 7) is 11.5. The van der Waals surface area contributed by atoms with Crippen molar-refractivity contribution >= 4 is 23.7 Å². The number of fused-ring (bicyclic) bond motifs is 6. The summed E-state index contributed by atoms with van der Waals surface area (Å²) < 4.78 is 22.5. The van der Waals surface area contributed by atoms with E-state index in [4.69, 9.17) is 18.6 Å². The SMILES string of the molecule is C/C=C(\C)C(=O)O[C@@H]1[C@@H]2C=C3C4CC(=O)O[C@@H](c5ccoc5)[C@]4(C)CC[C@H]3[C@@](C)(C2=O)[C@@H](CC(=O)OC)C1(C)C. The molecule has 0 spiro atoms. The number of hydrogen-bond donors (Lipinski definition) is 0. The third kappa shape index (κ3) is 4.00. The summed E-state index contributed by atoms with van der Waals surface area (Å²) in [5, 5.41) is 0. The van der Waals surface area contributed by atoms with Gasteiger partial charge >= 0.3 is 17.9 Å². The fraction of sp³-hybridized carbons (Fsp3) is 0.625. The van der Waals surface area contributed by atoms with Crippen LogP contribution in [0, 0.1) is 39.9 Å². The third-order valence-electron chi connectivity index (χ3n) is 10.8. The number of hydrogen-bond acceptors (Lipinski definition) is 8. The maximum atomic E-state index is 14.4. The molecule has 8 heteroatoms. The molecule has 40 heavy (non-hydrogen) atoms. The number of carbonyl (C=O) groups excluding carboxylic acids is 4. The molecule has 0 radical (unpaired) electrons. The van der Waals surface area contributed by atoms with Crippen molar-refractivity contribution in [3.63, 3.8) is 0 Å². The first-order chi connectivity index (χ1) is 18.8. The molecule has 8 nitrogen and oxygen atoms in total. The summed E-state index contributed by atoms with van der Waals surface area (Å²) in [6, 6.07) is 1.83. The number of furan rings is 1. The Kier molecular flexibility index (Phi) is 6.91. The van der Waals surface area contributed by atoms with Gasteiger partial charge in [0, 0.05) is 33.8 Å². The van der Waals surface area contributed by atoms with Crippen molar-refractivity contribution in [2.24, 2.45) is 39.9 Å². The zero-order valence-corrected chi connectivity index (χ0v) is 24.4. The summed E-state index contributed by atoms with van der Waals surface area (Å²) in [5.74, 6) is -2.66. The lowest BCUT2D eigenvalue weighted by molar-refractivity contribution is -0.195. The fourth-order valence-corrected chi connectivity index (χ4v) is 8.48. The predicted molar refractivity (Wildman–Crippen MR) is 144 cm³/mol. The number of carbonyl (C=O) groups is 4. The fourth-order valence-electron chi connectivity index (χ4n) is 8.48. The van der Waals surface area contributed by atoms with Crippen molar-refractivity contribution in [3.05, 3.63) is 47.5 Å². The number of ether oxygens (including phenoxy) is 3. The lowest BCUT2D eigenvalue weighted by Crippen LogP contribution is -2.66. The van der Waals surface area contributed by atoms with E-state index in [0.717, 1.165) is 17.6 Å². The van der Waals surface area contributed by atoms with E-state index in [1.54, 1.807) is 32.4 Å². The third-order valence-corrected chi connectivity index (χ3v) is 10.8. The highest BCUT2D eigenvalue weighted by Crippen LogP contribution is 2.68. The zero-order chi connectivity index (χ0) is 29.2. The van der Waals surface area contributed by atoms with Crippen molar-refractivity contribution in [2.75, 3.05) is 7.11 Å². The highest BCUT2D eigenvalue weighted by Gasteiger charge is 2.69. The van der Waals surface area contributed by atoms with Crippen LogP contribution < -0.4 is 0 Å². The van der Waals surface area contributed by atoms with Crippen LogP contribution >= 0.6 is 0 Å². The van der Waals surface area contributed by atoms with Crippen molar-refractivity contribution in [3.8, 4) is 0 Å². The van der Waals surface area contributed by atoms with E-state index < -0.39 is 52.2 Å². The van der Waals surface area contributed by atoms with Crippen LogP contribution in [-0.4, -0.2) is 36.9 Å². The van der Waals surface area contributed by atoms with Crippen molar-refractivity contribution < 1.29 is 37.8 Å². The van der Waals surface area contributed by atoms with E-state index in [1.807, 2.05) is 32.9 Å². The van der Waals surface area contributed by atoms with Gasteiger partial charge in [-0.2, -0.15) is 0 Å². The van der Waals surface area contributed by atoms with E-state index in [2.05, 4.69) is 6.92 Å². The molecule has 0 N–H and O–H groups in total. The second-order valence-electron chi connectivity index (χ2n) is 13.1. The second kappa shape index (κ2) is 9.74. The molecule has 0 aromatic carbocycles. The average Bonchev–Trinajstić information content (AvgIpc) is 3.45. The Hall–Kier alpha value is -3.16. The van der Waals surface area contributed by atoms with Gasteiger partial charge in [0.1, 0.15) is 18.0 Å². The van der Waals surface area contributed by atoms with Gasteiger partial charge in [-0.05, 0) is 50.5 Å². The van der Waals surface area contributed by atoms with Crippen LogP contribution in [0.25, 0.3) is 0 Å². The average molecular weight is 553 g/mol. The molecule has 3 fully saturated rings. The zero-order valence-electron chi connectivity index (χ0n) is 24.4. The minimum atomic E-state index is -0.904.